The molecule has 0 radical (unpaired) electrons. The number of halogens is 2. The van der Waals surface area contributed by atoms with Crippen molar-refractivity contribution in [3.05, 3.63) is 38.0 Å². The molecule has 4 N–H and O–H groups in total. The molecule has 1 aromatic heterocycles. The van der Waals surface area contributed by atoms with Crippen molar-refractivity contribution in [3.8, 4) is 5.75 Å². The maximum atomic E-state index is 12.6. The van der Waals surface area contributed by atoms with Crippen molar-refractivity contribution in [3.63, 3.8) is 0 Å². The molecule has 144 valence electrons. The molecule has 0 saturated carbocycles. The Morgan fingerprint density at radius 1 is 1.44 bits per heavy atom. The quantitative estimate of drug-likeness (QED) is 0.582. The second-order valence-electron chi connectivity index (χ2n) is 5.66. The molecule has 0 spiro atoms. The fraction of sp³-hybridized carbons (Fsp3) is 0.200. The largest absolute Gasteiger partial charge is 0.482 e. The fourth-order valence-corrected chi connectivity index (χ4v) is 5.14. The molecule has 0 bridgehead atoms. The zero-order valence-electron chi connectivity index (χ0n) is 13.5. The van der Waals surface area contributed by atoms with Gasteiger partial charge in [0.15, 0.2) is 6.61 Å². The third-order valence-electron chi connectivity index (χ3n) is 3.61. The van der Waals surface area contributed by atoms with Gasteiger partial charge >= 0.3 is 0 Å². The van der Waals surface area contributed by atoms with Gasteiger partial charge in [-0.05, 0) is 45.4 Å². The number of amides is 2. The van der Waals surface area contributed by atoms with E-state index in [1.54, 1.807) is 6.07 Å². The third-order valence-corrected chi connectivity index (χ3v) is 6.97. The molecule has 0 aliphatic carbocycles. The van der Waals surface area contributed by atoms with Gasteiger partial charge in [0.25, 0.3) is 21.8 Å². The Kier molecular flexibility index (Phi) is 5.77. The van der Waals surface area contributed by atoms with Crippen molar-refractivity contribution in [1.29, 1.82) is 0 Å². The average Bonchev–Trinajstić information content (AvgIpc) is 2.98. The second-order valence-corrected chi connectivity index (χ2v) is 10.0. The van der Waals surface area contributed by atoms with Gasteiger partial charge < -0.3 is 15.8 Å². The van der Waals surface area contributed by atoms with E-state index >= 15 is 0 Å². The average molecular weight is 495 g/mol. The number of fused-ring (bicyclic) bond motifs is 1. The lowest BCUT2D eigenvalue weighted by atomic mass is 10.1. The lowest BCUT2D eigenvalue weighted by molar-refractivity contribution is -0.120. The Bertz CT molecular complexity index is 1020. The van der Waals surface area contributed by atoms with E-state index in [9.17, 15) is 18.0 Å². The number of thiophene rings is 1. The van der Waals surface area contributed by atoms with E-state index in [0.29, 0.717) is 0 Å². The Hall–Kier alpha value is -1.66. The van der Waals surface area contributed by atoms with Crippen molar-refractivity contribution in [1.82, 2.24) is 4.72 Å². The van der Waals surface area contributed by atoms with Gasteiger partial charge in [0, 0.05) is 6.07 Å². The predicted octanol–water partition coefficient (Wildman–Crippen LogP) is 1.87. The first-order chi connectivity index (χ1) is 12.7. The van der Waals surface area contributed by atoms with Gasteiger partial charge in [-0.3, -0.25) is 9.59 Å². The van der Waals surface area contributed by atoms with Crippen molar-refractivity contribution in [2.24, 2.45) is 5.73 Å². The number of hydrogen-bond donors (Lipinski definition) is 3. The summed E-state index contributed by atoms with van der Waals surface area (Å²) in [5.74, 6) is -1.10. The van der Waals surface area contributed by atoms with Crippen LogP contribution in [0.1, 0.15) is 5.56 Å². The van der Waals surface area contributed by atoms with Gasteiger partial charge in [0.1, 0.15) is 10.6 Å². The summed E-state index contributed by atoms with van der Waals surface area (Å²) in [7, 11) is -4.28. The minimum atomic E-state index is -4.28. The summed E-state index contributed by atoms with van der Waals surface area (Å²) < 4.78 is 33.1. The van der Waals surface area contributed by atoms with Crippen molar-refractivity contribution in [2.45, 2.75) is 17.4 Å². The smallest absolute Gasteiger partial charge is 0.265 e. The summed E-state index contributed by atoms with van der Waals surface area (Å²) in [5, 5.41) is 4.16. The molecule has 3 rings (SSSR count). The molecule has 27 heavy (non-hydrogen) atoms. The highest BCUT2D eigenvalue weighted by molar-refractivity contribution is 9.11. The highest BCUT2D eigenvalue weighted by Gasteiger charge is 2.27. The predicted molar refractivity (Wildman–Crippen MR) is 105 cm³/mol. The molecule has 8 nitrogen and oxygen atoms in total. The van der Waals surface area contributed by atoms with Crippen LogP contribution in [0.4, 0.5) is 5.69 Å². The highest BCUT2D eigenvalue weighted by atomic mass is 79.9. The van der Waals surface area contributed by atoms with E-state index in [1.807, 2.05) is 10.1 Å². The molecular formula is C15H13BrClN3O5S2. The number of carbonyl (C=O) groups is 2. The Morgan fingerprint density at radius 2 is 2.19 bits per heavy atom. The van der Waals surface area contributed by atoms with Crippen molar-refractivity contribution >= 4 is 66.4 Å². The molecule has 0 saturated heterocycles. The number of ether oxygens (including phenoxy) is 1. The first-order valence-electron chi connectivity index (χ1n) is 7.47. The molecule has 1 aliphatic rings. The minimum absolute atomic E-state index is 0.138. The van der Waals surface area contributed by atoms with Gasteiger partial charge in [-0.1, -0.05) is 11.6 Å². The number of nitrogens with one attached hydrogen (secondary N) is 2. The van der Waals surface area contributed by atoms with Crippen LogP contribution in [0.25, 0.3) is 0 Å². The number of carbonyl (C=O) groups excluding carboxylic acids is 2. The van der Waals surface area contributed by atoms with E-state index < -0.39 is 22.0 Å². The normalized spacial score (nSPS) is 14.7. The van der Waals surface area contributed by atoms with E-state index in [2.05, 4.69) is 21.2 Å². The Balaban J connectivity index is 1.78. The van der Waals surface area contributed by atoms with Crippen LogP contribution in [0.15, 0.2) is 32.3 Å². The van der Waals surface area contributed by atoms with Gasteiger partial charge in [0.05, 0.1) is 20.5 Å². The molecule has 2 heterocycles. The van der Waals surface area contributed by atoms with Gasteiger partial charge in [-0.15, -0.1) is 11.3 Å². The zero-order chi connectivity index (χ0) is 19.8. The molecule has 1 unspecified atom stereocenters. The number of anilines is 1. The van der Waals surface area contributed by atoms with Crippen LogP contribution in [-0.2, 0) is 26.0 Å². The topological polar surface area (TPSA) is 128 Å². The molecule has 12 heteroatoms. The van der Waals surface area contributed by atoms with Gasteiger partial charge in [-0.2, -0.15) is 0 Å². The van der Waals surface area contributed by atoms with Gasteiger partial charge in [-0.25, -0.2) is 13.1 Å². The molecule has 2 amide bonds. The molecule has 2 aromatic rings. The summed E-state index contributed by atoms with van der Waals surface area (Å²) >= 11 is 10.8. The Labute approximate surface area is 172 Å². The van der Waals surface area contributed by atoms with E-state index in [-0.39, 0.29) is 40.3 Å². The van der Waals surface area contributed by atoms with E-state index in [0.717, 1.165) is 15.4 Å². The highest BCUT2D eigenvalue weighted by Crippen LogP contribution is 2.35. The SMILES string of the molecule is NC(Cc1csc(Br)c1)C(=O)NS(=O)(=O)c1cc2c(cc1Cl)NC(=O)CO2. The molecule has 0 fully saturated rings. The second kappa shape index (κ2) is 7.76. The van der Waals surface area contributed by atoms with E-state index in [1.165, 1.54) is 17.4 Å². The van der Waals surface area contributed by atoms with Crippen LogP contribution in [0, 0.1) is 0 Å². The summed E-state index contributed by atoms with van der Waals surface area (Å²) in [6.45, 7) is -0.248. The first-order valence-corrected chi connectivity index (χ1v) is 11.0. The summed E-state index contributed by atoms with van der Waals surface area (Å²) in [6.07, 6.45) is 0.177. The summed E-state index contributed by atoms with van der Waals surface area (Å²) in [6, 6.07) is 3.13. The third kappa shape index (κ3) is 4.61. The van der Waals surface area contributed by atoms with Crippen molar-refractivity contribution in [2.75, 3.05) is 11.9 Å². The molecular weight excluding hydrogens is 482 g/mol. The first kappa shape index (κ1) is 20.1. The Morgan fingerprint density at radius 3 is 2.85 bits per heavy atom. The summed E-state index contributed by atoms with van der Waals surface area (Å²) in [4.78, 5) is 23.2. The van der Waals surface area contributed by atoms with Crippen LogP contribution in [0.2, 0.25) is 5.02 Å². The monoisotopic (exact) mass is 493 g/mol. The maximum Gasteiger partial charge on any atom is 0.265 e. The van der Waals surface area contributed by atoms with Crippen LogP contribution < -0.4 is 20.5 Å². The lowest BCUT2D eigenvalue weighted by Gasteiger charge is -2.20. The van der Waals surface area contributed by atoms with Crippen LogP contribution >= 0.6 is 38.9 Å². The van der Waals surface area contributed by atoms with E-state index in [4.69, 9.17) is 22.1 Å². The van der Waals surface area contributed by atoms with Crippen LogP contribution in [-0.4, -0.2) is 32.9 Å². The van der Waals surface area contributed by atoms with Crippen LogP contribution in [0.5, 0.6) is 5.75 Å². The molecule has 1 aliphatic heterocycles. The molecule has 1 aromatic carbocycles. The van der Waals surface area contributed by atoms with Gasteiger partial charge in [0.2, 0.25) is 0 Å². The number of benzene rings is 1. The number of sulfonamides is 1. The number of rotatable bonds is 5. The lowest BCUT2D eigenvalue weighted by Crippen LogP contribution is -2.44. The zero-order valence-corrected chi connectivity index (χ0v) is 17.5. The number of nitrogens with two attached hydrogens (primary N) is 1. The van der Waals surface area contributed by atoms with Crippen molar-refractivity contribution < 1.29 is 22.7 Å². The molecule has 1 atom stereocenters. The fourth-order valence-electron chi connectivity index (χ4n) is 2.35. The number of hydrogen-bond acceptors (Lipinski definition) is 7. The minimum Gasteiger partial charge on any atom is -0.482 e. The summed E-state index contributed by atoms with van der Waals surface area (Å²) in [5.41, 5.74) is 6.88. The standard InChI is InChI=1S/C15H13BrClN3O5S2/c16-13-2-7(6-26-13)1-9(18)15(22)20-27(23,24)12-4-11-10(3-8(12)17)19-14(21)5-25-11/h2-4,6,9H,1,5,18H2,(H,19,21)(H,20,22). The maximum absolute atomic E-state index is 12.6. The van der Waals surface area contributed by atoms with Crippen LogP contribution in [0.3, 0.4) is 0 Å².